The summed E-state index contributed by atoms with van der Waals surface area (Å²) >= 11 is 0. The van der Waals surface area contributed by atoms with Crippen LogP contribution in [-0.4, -0.2) is 71.1 Å². The number of piperidine rings is 1. The van der Waals surface area contributed by atoms with Gasteiger partial charge in [0.25, 0.3) is 5.91 Å². The quantitative estimate of drug-likeness (QED) is 0.289. The lowest BCUT2D eigenvalue weighted by Crippen LogP contribution is -2.50. The molecule has 3 heterocycles. The highest BCUT2D eigenvalue weighted by molar-refractivity contribution is 6.00. The Morgan fingerprint density at radius 2 is 1.57 bits per heavy atom. The van der Waals surface area contributed by atoms with Crippen LogP contribution in [0.1, 0.15) is 60.9 Å². The van der Waals surface area contributed by atoms with Gasteiger partial charge in [-0.2, -0.15) is 0 Å². The smallest absolute Gasteiger partial charge is 0.253 e. The van der Waals surface area contributed by atoms with Crippen molar-refractivity contribution in [2.24, 2.45) is 22.0 Å². The summed E-state index contributed by atoms with van der Waals surface area (Å²) in [5, 5.41) is 13.0. The Bertz CT molecular complexity index is 1310. The Morgan fingerprint density at radius 3 is 2.25 bits per heavy atom. The minimum atomic E-state index is -0.455. The van der Waals surface area contributed by atoms with E-state index in [2.05, 4.69) is 32.7 Å². The standard InChI is InChI=1S/C30H38N8O2/c31-35-34-28-19-24(30(40)38(25-9-10-25)26-11-15-37(32)16-12-26)17-23-8-7-22(18-27(23)33-28)20-3-5-21(6-4-20)29(39)36-13-1-2-14-36/h3-8,17-18,25-26,28,33H,1-2,9-16,19,32H2,(H2,31,34). The molecule has 1 unspecified atom stereocenters. The molecule has 0 spiro atoms. The van der Waals surface area contributed by atoms with Crippen molar-refractivity contribution >= 4 is 23.6 Å². The fourth-order valence-electron chi connectivity index (χ4n) is 6.19. The number of likely N-dealkylation sites (tertiary alicyclic amines) is 1. The number of hydrazine groups is 1. The van der Waals surface area contributed by atoms with Crippen molar-refractivity contribution in [2.75, 3.05) is 31.5 Å². The predicted molar refractivity (Wildman–Crippen MR) is 155 cm³/mol. The van der Waals surface area contributed by atoms with E-state index in [0.29, 0.717) is 23.6 Å². The van der Waals surface area contributed by atoms with E-state index in [-0.39, 0.29) is 17.9 Å². The highest BCUT2D eigenvalue weighted by Crippen LogP contribution is 2.36. The second kappa shape index (κ2) is 11.4. The van der Waals surface area contributed by atoms with Crippen molar-refractivity contribution in [3.8, 4) is 11.1 Å². The molecule has 3 fully saturated rings. The van der Waals surface area contributed by atoms with Crippen LogP contribution < -0.4 is 17.0 Å². The van der Waals surface area contributed by atoms with Gasteiger partial charge in [0.05, 0.1) is 0 Å². The molecule has 0 radical (unpaired) electrons. The maximum absolute atomic E-state index is 14.0. The van der Waals surface area contributed by atoms with Gasteiger partial charge >= 0.3 is 0 Å². The van der Waals surface area contributed by atoms with Crippen molar-refractivity contribution in [1.29, 1.82) is 0 Å². The van der Waals surface area contributed by atoms with Gasteiger partial charge in [-0.1, -0.05) is 29.5 Å². The van der Waals surface area contributed by atoms with Crippen LogP contribution in [0.5, 0.6) is 0 Å². The maximum Gasteiger partial charge on any atom is 0.253 e. The number of carbonyl (C=O) groups is 2. The number of amides is 2. The fraction of sp³-hybridized carbons (Fsp3) is 0.467. The van der Waals surface area contributed by atoms with Gasteiger partial charge < -0.3 is 21.0 Å². The van der Waals surface area contributed by atoms with Gasteiger partial charge in [-0.05, 0) is 79.5 Å². The van der Waals surface area contributed by atoms with E-state index in [1.807, 2.05) is 46.3 Å². The number of rotatable bonds is 6. The summed E-state index contributed by atoms with van der Waals surface area (Å²) in [6.45, 7) is 3.26. The first-order valence-electron chi connectivity index (χ1n) is 14.4. The third-order valence-electron chi connectivity index (χ3n) is 8.52. The zero-order valence-electron chi connectivity index (χ0n) is 22.8. The molecule has 2 amide bonds. The summed E-state index contributed by atoms with van der Waals surface area (Å²) in [7, 11) is 0. The Hall–Kier alpha value is -3.76. The number of nitrogens with one attached hydrogen (secondary N) is 1. The molecule has 2 saturated heterocycles. The second-order valence-corrected chi connectivity index (χ2v) is 11.4. The molecule has 2 aromatic carbocycles. The summed E-state index contributed by atoms with van der Waals surface area (Å²) in [5.74, 6) is 11.6. The van der Waals surface area contributed by atoms with E-state index in [4.69, 9.17) is 11.7 Å². The van der Waals surface area contributed by atoms with Gasteiger partial charge in [0.2, 0.25) is 5.91 Å². The molecule has 3 aliphatic heterocycles. The van der Waals surface area contributed by atoms with E-state index in [0.717, 1.165) is 87.1 Å². The van der Waals surface area contributed by atoms with Gasteiger partial charge in [-0.15, -0.1) is 5.11 Å². The minimum Gasteiger partial charge on any atom is -0.361 e. The first-order valence-corrected chi connectivity index (χ1v) is 14.4. The van der Waals surface area contributed by atoms with Crippen molar-refractivity contribution in [3.05, 3.63) is 59.2 Å². The number of anilines is 1. The predicted octanol–water partition coefficient (Wildman–Crippen LogP) is 3.77. The van der Waals surface area contributed by atoms with Gasteiger partial charge in [-0.3, -0.25) is 15.4 Å². The Labute approximate surface area is 235 Å². The van der Waals surface area contributed by atoms with Gasteiger partial charge in [0.15, 0.2) is 0 Å². The number of hydrogen-bond acceptors (Lipinski definition) is 7. The third-order valence-corrected chi connectivity index (χ3v) is 8.52. The van der Waals surface area contributed by atoms with Gasteiger partial charge in [-0.25, -0.2) is 5.01 Å². The normalized spacial score (nSPS) is 22.0. The van der Waals surface area contributed by atoms with Crippen molar-refractivity contribution in [3.63, 3.8) is 0 Å². The molecule has 5 N–H and O–H groups in total. The number of carbonyl (C=O) groups excluding carboxylic acids is 2. The molecule has 2 aromatic rings. The van der Waals surface area contributed by atoms with E-state index in [1.54, 1.807) is 0 Å². The number of fused-ring (bicyclic) bond motifs is 1. The van der Waals surface area contributed by atoms with Gasteiger partial charge in [0, 0.05) is 61.5 Å². The zero-order valence-corrected chi connectivity index (χ0v) is 22.8. The maximum atomic E-state index is 14.0. The molecular weight excluding hydrogens is 504 g/mol. The van der Waals surface area contributed by atoms with Crippen LogP contribution in [0.4, 0.5) is 5.69 Å². The Balaban J connectivity index is 1.26. The minimum absolute atomic E-state index is 0.0761. The van der Waals surface area contributed by atoms with E-state index >= 15 is 0 Å². The first-order chi connectivity index (χ1) is 19.5. The van der Waals surface area contributed by atoms with E-state index in [9.17, 15) is 9.59 Å². The molecule has 10 nitrogen and oxygen atoms in total. The molecule has 40 heavy (non-hydrogen) atoms. The second-order valence-electron chi connectivity index (χ2n) is 11.4. The number of nitrogens with zero attached hydrogens (tertiary/aromatic N) is 5. The Kier molecular flexibility index (Phi) is 7.53. The molecule has 10 heteroatoms. The van der Waals surface area contributed by atoms with E-state index in [1.165, 1.54) is 0 Å². The van der Waals surface area contributed by atoms with Crippen LogP contribution in [0, 0.1) is 0 Å². The van der Waals surface area contributed by atoms with Crippen LogP contribution in [0.15, 0.2) is 58.4 Å². The number of hydrogen-bond donors (Lipinski definition) is 3. The summed E-state index contributed by atoms with van der Waals surface area (Å²) in [6.07, 6.45) is 7.96. The van der Waals surface area contributed by atoms with Crippen molar-refractivity contribution < 1.29 is 9.59 Å². The van der Waals surface area contributed by atoms with Crippen molar-refractivity contribution in [1.82, 2.24) is 14.8 Å². The summed E-state index contributed by atoms with van der Waals surface area (Å²) in [6, 6.07) is 14.4. The van der Waals surface area contributed by atoms with Crippen LogP contribution in [-0.2, 0) is 4.79 Å². The lowest BCUT2D eigenvalue weighted by atomic mass is 9.99. The molecule has 0 bridgehead atoms. The fourth-order valence-corrected chi connectivity index (χ4v) is 6.19. The van der Waals surface area contributed by atoms with E-state index < -0.39 is 6.17 Å². The molecular formula is C30H38N8O2. The van der Waals surface area contributed by atoms with Gasteiger partial charge in [0.1, 0.15) is 6.17 Å². The lowest BCUT2D eigenvalue weighted by molar-refractivity contribution is -0.131. The largest absolute Gasteiger partial charge is 0.361 e. The zero-order chi connectivity index (χ0) is 27.6. The van der Waals surface area contributed by atoms with Crippen molar-refractivity contribution in [2.45, 2.75) is 63.2 Å². The highest BCUT2D eigenvalue weighted by Gasteiger charge is 2.40. The van der Waals surface area contributed by atoms with Crippen LogP contribution in [0.3, 0.4) is 0 Å². The molecule has 1 saturated carbocycles. The Morgan fingerprint density at radius 1 is 0.900 bits per heavy atom. The molecule has 6 rings (SSSR count). The molecule has 4 aliphatic rings. The highest BCUT2D eigenvalue weighted by atomic mass is 16.2. The van der Waals surface area contributed by atoms with Crippen LogP contribution in [0.2, 0.25) is 0 Å². The molecule has 0 aromatic heterocycles. The third kappa shape index (κ3) is 5.59. The first kappa shape index (κ1) is 26.5. The summed E-state index contributed by atoms with van der Waals surface area (Å²) in [4.78, 5) is 30.8. The summed E-state index contributed by atoms with van der Waals surface area (Å²) < 4.78 is 0. The monoisotopic (exact) mass is 542 g/mol. The SMILES string of the molecule is NN=NC1CC(C(=O)N(C2CC2)C2CCN(N)CC2)=Cc2ccc(-c3ccc(C(=O)N4CCCC4)cc3)cc2N1. The average Bonchev–Trinajstić information content (AvgIpc) is 3.69. The molecule has 1 aliphatic carbocycles. The summed E-state index contributed by atoms with van der Waals surface area (Å²) in [5.41, 5.74) is 5.23. The lowest BCUT2D eigenvalue weighted by Gasteiger charge is -2.38. The number of nitrogens with two attached hydrogens (primary N) is 2. The molecule has 210 valence electrons. The average molecular weight is 543 g/mol. The van der Waals surface area contributed by atoms with Crippen LogP contribution in [0.25, 0.3) is 17.2 Å². The van der Waals surface area contributed by atoms with Crippen LogP contribution >= 0.6 is 0 Å². The molecule has 1 atom stereocenters. The number of benzene rings is 2. The topological polar surface area (TPSA) is 133 Å².